The van der Waals surface area contributed by atoms with Gasteiger partial charge in [-0.3, -0.25) is 0 Å². The fraction of sp³-hybridized carbons (Fsp3) is 0.294. The zero-order valence-corrected chi connectivity index (χ0v) is 12.5. The van der Waals surface area contributed by atoms with Gasteiger partial charge in [-0.25, -0.2) is 4.39 Å². The standard InChI is InChI=1S/C17H19FNP/c18-15-5-1-3-12(9-15)17(14-7-8-19-11-14)13-4-2-6-16(20)10-13/h1-6,9-10,14,17,19H,7-8,11,20H2. The van der Waals surface area contributed by atoms with Crippen LogP contribution in [0.1, 0.15) is 23.5 Å². The van der Waals surface area contributed by atoms with Crippen LogP contribution in [0.5, 0.6) is 0 Å². The number of rotatable bonds is 3. The maximum atomic E-state index is 13.6. The lowest BCUT2D eigenvalue weighted by Gasteiger charge is -2.24. The van der Waals surface area contributed by atoms with Crippen LogP contribution >= 0.6 is 9.24 Å². The molecule has 1 nitrogen and oxygen atoms in total. The van der Waals surface area contributed by atoms with Crippen LogP contribution in [-0.4, -0.2) is 13.1 Å². The molecule has 20 heavy (non-hydrogen) atoms. The Balaban J connectivity index is 2.03. The molecular weight excluding hydrogens is 268 g/mol. The van der Waals surface area contributed by atoms with Crippen molar-refractivity contribution in [1.82, 2.24) is 5.32 Å². The van der Waals surface area contributed by atoms with Gasteiger partial charge in [0.05, 0.1) is 0 Å². The molecule has 3 heteroatoms. The van der Waals surface area contributed by atoms with Crippen LogP contribution < -0.4 is 10.6 Å². The fourth-order valence-electron chi connectivity index (χ4n) is 3.15. The summed E-state index contributed by atoms with van der Waals surface area (Å²) in [5.41, 5.74) is 2.35. The minimum Gasteiger partial charge on any atom is -0.316 e. The second-order valence-corrected chi connectivity index (χ2v) is 6.12. The van der Waals surface area contributed by atoms with Gasteiger partial charge in [-0.1, -0.05) is 36.4 Å². The molecule has 1 saturated heterocycles. The molecule has 0 radical (unpaired) electrons. The van der Waals surface area contributed by atoms with Crippen molar-refractivity contribution in [2.45, 2.75) is 12.3 Å². The molecule has 0 amide bonds. The number of halogens is 1. The maximum absolute atomic E-state index is 13.6. The normalized spacial score (nSPS) is 20.0. The van der Waals surface area contributed by atoms with Gasteiger partial charge in [0, 0.05) is 5.92 Å². The van der Waals surface area contributed by atoms with Gasteiger partial charge in [-0.05, 0) is 54.0 Å². The Morgan fingerprint density at radius 2 is 1.85 bits per heavy atom. The van der Waals surface area contributed by atoms with E-state index < -0.39 is 0 Å². The Morgan fingerprint density at radius 3 is 2.50 bits per heavy atom. The molecule has 1 aliphatic heterocycles. The molecule has 2 aromatic carbocycles. The molecule has 1 N–H and O–H groups in total. The first-order valence-electron chi connectivity index (χ1n) is 7.05. The minimum absolute atomic E-state index is 0.152. The average molecular weight is 287 g/mol. The van der Waals surface area contributed by atoms with E-state index in [0.717, 1.165) is 25.1 Å². The summed E-state index contributed by atoms with van der Waals surface area (Å²) in [6.07, 6.45) is 1.14. The smallest absolute Gasteiger partial charge is 0.123 e. The summed E-state index contributed by atoms with van der Waals surface area (Å²) in [6.45, 7) is 2.05. The molecule has 3 rings (SSSR count). The van der Waals surface area contributed by atoms with Gasteiger partial charge >= 0.3 is 0 Å². The first-order chi connectivity index (χ1) is 9.74. The average Bonchev–Trinajstić information content (AvgIpc) is 2.93. The Labute approximate surface area is 121 Å². The highest BCUT2D eigenvalue weighted by atomic mass is 31.0. The van der Waals surface area contributed by atoms with Crippen LogP contribution in [0.2, 0.25) is 0 Å². The predicted molar refractivity (Wildman–Crippen MR) is 85.0 cm³/mol. The number of hydrogen-bond donors (Lipinski definition) is 1. The number of benzene rings is 2. The topological polar surface area (TPSA) is 12.0 Å². The highest BCUT2D eigenvalue weighted by molar-refractivity contribution is 7.27. The quantitative estimate of drug-likeness (QED) is 0.856. The third kappa shape index (κ3) is 2.92. The highest BCUT2D eigenvalue weighted by Gasteiger charge is 2.27. The summed E-state index contributed by atoms with van der Waals surface area (Å²) >= 11 is 0. The van der Waals surface area contributed by atoms with Gasteiger partial charge < -0.3 is 5.32 Å². The number of nitrogens with one attached hydrogen (secondary N) is 1. The monoisotopic (exact) mass is 287 g/mol. The fourth-order valence-corrected chi connectivity index (χ4v) is 3.45. The van der Waals surface area contributed by atoms with E-state index in [1.54, 1.807) is 6.07 Å². The third-order valence-electron chi connectivity index (χ3n) is 4.05. The molecule has 3 unspecified atom stereocenters. The summed E-state index contributed by atoms with van der Waals surface area (Å²) in [4.78, 5) is 0. The summed E-state index contributed by atoms with van der Waals surface area (Å²) < 4.78 is 13.6. The van der Waals surface area contributed by atoms with E-state index in [0.29, 0.717) is 5.92 Å². The summed E-state index contributed by atoms with van der Waals surface area (Å²) in [5.74, 6) is 0.644. The summed E-state index contributed by atoms with van der Waals surface area (Å²) in [7, 11) is 2.74. The molecule has 3 atom stereocenters. The summed E-state index contributed by atoms with van der Waals surface area (Å²) in [5, 5.41) is 4.60. The van der Waals surface area contributed by atoms with Gasteiger partial charge in [0.1, 0.15) is 5.82 Å². The lowest BCUT2D eigenvalue weighted by molar-refractivity contribution is 0.509. The zero-order valence-electron chi connectivity index (χ0n) is 11.4. The molecule has 104 valence electrons. The van der Waals surface area contributed by atoms with E-state index >= 15 is 0 Å². The van der Waals surface area contributed by atoms with Crippen molar-refractivity contribution in [3.63, 3.8) is 0 Å². The van der Waals surface area contributed by atoms with Crippen molar-refractivity contribution in [2.24, 2.45) is 5.92 Å². The van der Waals surface area contributed by atoms with Crippen LogP contribution in [0.3, 0.4) is 0 Å². The van der Waals surface area contributed by atoms with Crippen LogP contribution in [0, 0.1) is 11.7 Å². The molecule has 2 aromatic rings. The predicted octanol–water partition coefficient (Wildman–Crippen LogP) is 3.07. The van der Waals surface area contributed by atoms with Crippen molar-refractivity contribution in [3.05, 3.63) is 65.5 Å². The number of hydrogen-bond acceptors (Lipinski definition) is 1. The molecule has 0 aromatic heterocycles. The van der Waals surface area contributed by atoms with Crippen LogP contribution in [0.4, 0.5) is 4.39 Å². The minimum atomic E-state index is -0.152. The highest BCUT2D eigenvalue weighted by Crippen LogP contribution is 2.35. The van der Waals surface area contributed by atoms with Crippen molar-refractivity contribution >= 4 is 14.5 Å². The van der Waals surface area contributed by atoms with E-state index in [4.69, 9.17) is 0 Å². The summed E-state index contributed by atoms with van der Waals surface area (Å²) in [6, 6.07) is 15.5. The Kier molecular flexibility index (Phi) is 4.14. The Morgan fingerprint density at radius 1 is 1.10 bits per heavy atom. The molecule has 0 spiro atoms. The largest absolute Gasteiger partial charge is 0.316 e. The SMILES string of the molecule is Fc1cccc(C(c2cccc(P)c2)C2CCNC2)c1. The Bertz CT molecular complexity index is 548. The lowest BCUT2D eigenvalue weighted by atomic mass is 9.80. The van der Waals surface area contributed by atoms with Crippen molar-refractivity contribution < 1.29 is 4.39 Å². The van der Waals surface area contributed by atoms with Gasteiger partial charge in [0.15, 0.2) is 0 Å². The van der Waals surface area contributed by atoms with Gasteiger partial charge in [-0.2, -0.15) is 0 Å². The molecule has 0 aliphatic carbocycles. The van der Waals surface area contributed by atoms with E-state index in [1.165, 1.54) is 16.9 Å². The second-order valence-electron chi connectivity index (χ2n) is 5.46. The molecule has 0 saturated carbocycles. The Hall–Kier alpha value is -1.24. The van der Waals surface area contributed by atoms with Crippen molar-refractivity contribution in [3.8, 4) is 0 Å². The molecule has 1 aliphatic rings. The van der Waals surface area contributed by atoms with Gasteiger partial charge in [0.25, 0.3) is 0 Å². The van der Waals surface area contributed by atoms with Crippen LogP contribution in [0.25, 0.3) is 0 Å². The maximum Gasteiger partial charge on any atom is 0.123 e. The second kappa shape index (κ2) is 6.03. The zero-order chi connectivity index (χ0) is 13.9. The van der Waals surface area contributed by atoms with Crippen molar-refractivity contribution in [2.75, 3.05) is 13.1 Å². The molecular formula is C17H19FNP. The van der Waals surface area contributed by atoms with Crippen LogP contribution in [0.15, 0.2) is 48.5 Å². The molecule has 1 fully saturated rings. The van der Waals surface area contributed by atoms with Crippen LogP contribution in [-0.2, 0) is 0 Å². The van der Waals surface area contributed by atoms with E-state index in [1.807, 2.05) is 12.1 Å². The third-order valence-corrected chi connectivity index (χ3v) is 4.41. The molecule has 1 heterocycles. The first kappa shape index (κ1) is 13.7. The van der Waals surface area contributed by atoms with E-state index in [9.17, 15) is 4.39 Å². The van der Waals surface area contributed by atoms with Gasteiger partial charge in [-0.15, -0.1) is 9.24 Å². The molecule has 0 bridgehead atoms. The van der Waals surface area contributed by atoms with Crippen molar-refractivity contribution in [1.29, 1.82) is 0 Å². The van der Waals surface area contributed by atoms with Gasteiger partial charge in [0.2, 0.25) is 0 Å². The first-order valence-corrected chi connectivity index (χ1v) is 7.63. The lowest BCUT2D eigenvalue weighted by Crippen LogP contribution is -2.18. The van der Waals surface area contributed by atoms with E-state index in [2.05, 4.69) is 38.8 Å². The van der Waals surface area contributed by atoms with E-state index in [-0.39, 0.29) is 11.7 Å².